The topological polar surface area (TPSA) is 55.1 Å². The summed E-state index contributed by atoms with van der Waals surface area (Å²) in [5.41, 5.74) is 1.38. The molecule has 5 heteroatoms. The molecule has 0 radical (unpaired) electrons. The van der Waals surface area contributed by atoms with E-state index in [1.165, 1.54) is 10.7 Å². The number of hydrogen-bond donors (Lipinski definition) is 1. The maximum atomic E-state index is 14.2. The highest BCUT2D eigenvalue weighted by molar-refractivity contribution is 5.90. The molecule has 0 spiro atoms. The van der Waals surface area contributed by atoms with Gasteiger partial charge in [0.15, 0.2) is 0 Å². The summed E-state index contributed by atoms with van der Waals surface area (Å²) >= 11 is 0. The van der Waals surface area contributed by atoms with E-state index in [2.05, 4.69) is 5.10 Å². The Morgan fingerprint density at radius 1 is 1.30 bits per heavy atom. The number of carbonyl (C=O) groups is 1. The Morgan fingerprint density at radius 2 is 1.91 bits per heavy atom. The minimum absolute atomic E-state index is 0.0954. The number of carboxylic acids is 1. The molecule has 124 valence electrons. The third-order valence-electron chi connectivity index (χ3n) is 3.53. The number of aromatic nitrogens is 2. The lowest BCUT2D eigenvalue weighted by Gasteiger charge is -2.16. The summed E-state index contributed by atoms with van der Waals surface area (Å²) in [5.74, 6) is -1.53. The summed E-state index contributed by atoms with van der Waals surface area (Å²) in [6, 6.07) is 6.28. The zero-order chi connectivity index (χ0) is 17.4. The highest BCUT2D eigenvalue weighted by Gasteiger charge is 2.29. The van der Waals surface area contributed by atoms with Gasteiger partial charge in [0.2, 0.25) is 0 Å². The summed E-state index contributed by atoms with van der Waals surface area (Å²) in [6.45, 7) is 9.85. The van der Waals surface area contributed by atoms with Crippen molar-refractivity contribution in [3.63, 3.8) is 0 Å². The standard InChI is InChI=1S/C18H23FN2O2/c1-11(2)16-15(17(22)23)13(10-18(3,4)5)20-21(16)14-9-7-6-8-12(14)19/h6-9,11H,10H2,1-5H3,(H,22,23). The van der Waals surface area contributed by atoms with Crippen molar-refractivity contribution in [3.8, 4) is 5.69 Å². The number of para-hydroxylation sites is 1. The van der Waals surface area contributed by atoms with E-state index in [9.17, 15) is 14.3 Å². The summed E-state index contributed by atoms with van der Waals surface area (Å²) in [7, 11) is 0. The van der Waals surface area contributed by atoms with E-state index in [1.807, 2.05) is 34.6 Å². The van der Waals surface area contributed by atoms with E-state index in [1.54, 1.807) is 18.2 Å². The van der Waals surface area contributed by atoms with Gasteiger partial charge < -0.3 is 5.11 Å². The van der Waals surface area contributed by atoms with Gasteiger partial charge >= 0.3 is 5.97 Å². The molecular weight excluding hydrogens is 295 g/mol. The van der Waals surface area contributed by atoms with Crippen LogP contribution in [0.5, 0.6) is 0 Å². The Balaban J connectivity index is 2.75. The maximum Gasteiger partial charge on any atom is 0.339 e. The second kappa shape index (κ2) is 6.14. The molecule has 4 nitrogen and oxygen atoms in total. The molecule has 1 heterocycles. The summed E-state index contributed by atoms with van der Waals surface area (Å²) in [5, 5.41) is 14.1. The smallest absolute Gasteiger partial charge is 0.339 e. The molecule has 0 aliphatic carbocycles. The van der Waals surface area contributed by atoms with Crippen molar-refractivity contribution in [2.45, 2.75) is 47.0 Å². The average molecular weight is 318 g/mol. The highest BCUT2D eigenvalue weighted by atomic mass is 19.1. The van der Waals surface area contributed by atoms with Crippen molar-refractivity contribution in [3.05, 3.63) is 47.0 Å². The third kappa shape index (κ3) is 3.60. The van der Waals surface area contributed by atoms with Gasteiger partial charge in [-0.1, -0.05) is 46.8 Å². The zero-order valence-electron chi connectivity index (χ0n) is 14.2. The van der Waals surface area contributed by atoms with Crippen LogP contribution < -0.4 is 0 Å². The molecule has 1 N–H and O–H groups in total. The van der Waals surface area contributed by atoms with Crippen molar-refractivity contribution in [2.24, 2.45) is 5.41 Å². The predicted molar refractivity (Wildman–Crippen MR) is 87.7 cm³/mol. The number of nitrogens with zero attached hydrogens (tertiary/aromatic N) is 2. The number of rotatable bonds is 4. The number of carboxylic acid groups (broad SMARTS) is 1. The second-order valence-corrected chi connectivity index (χ2v) is 7.27. The van der Waals surface area contributed by atoms with Gasteiger partial charge in [0.05, 0.1) is 11.4 Å². The van der Waals surface area contributed by atoms with Gasteiger partial charge in [-0.25, -0.2) is 13.9 Å². The van der Waals surface area contributed by atoms with Crippen LogP contribution in [-0.4, -0.2) is 20.9 Å². The maximum absolute atomic E-state index is 14.2. The van der Waals surface area contributed by atoms with E-state index in [-0.39, 0.29) is 22.6 Å². The average Bonchev–Trinajstić information content (AvgIpc) is 2.76. The summed E-state index contributed by atoms with van der Waals surface area (Å²) in [6.07, 6.45) is 0.510. The first kappa shape index (κ1) is 17.2. The monoisotopic (exact) mass is 318 g/mol. The van der Waals surface area contributed by atoms with Crippen LogP contribution in [-0.2, 0) is 6.42 Å². The van der Waals surface area contributed by atoms with Gasteiger partial charge in [-0.2, -0.15) is 5.10 Å². The van der Waals surface area contributed by atoms with E-state index in [0.29, 0.717) is 17.8 Å². The molecule has 2 rings (SSSR count). The van der Waals surface area contributed by atoms with Crippen molar-refractivity contribution < 1.29 is 14.3 Å². The van der Waals surface area contributed by atoms with Crippen LogP contribution in [0.2, 0.25) is 0 Å². The molecule has 0 amide bonds. The Labute approximate surface area is 136 Å². The number of benzene rings is 1. The first-order valence-electron chi connectivity index (χ1n) is 7.72. The van der Waals surface area contributed by atoms with Crippen molar-refractivity contribution >= 4 is 5.97 Å². The van der Waals surface area contributed by atoms with Gasteiger partial charge in [0.1, 0.15) is 17.1 Å². The molecule has 0 saturated heterocycles. The number of hydrogen-bond acceptors (Lipinski definition) is 2. The quantitative estimate of drug-likeness (QED) is 0.907. The van der Waals surface area contributed by atoms with Gasteiger partial charge in [0.25, 0.3) is 0 Å². The van der Waals surface area contributed by atoms with Gasteiger partial charge in [-0.3, -0.25) is 0 Å². The first-order chi connectivity index (χ1) is 10.6. The molecule has 0 saturated carbocycles. The molecule has 0 aliphatic rings. The van der Waals surface area contributed by atoms with Crippen LogP contribution in [0.1, 0.15) is 62.3 Å². The van der Waals surface area contributed by atoms with Crippen molar-refractivity contribution in [2.75, 3.05) is 0 Å². The lowest BCUT2D eigenvalue weighted by molar-refractivity contribution is 0.0693. The van der Waals surface area contributed by atoms with Gasteiger partial charge in [-0.15, -0.1) is 0 Å². The summed E-state index contributed by atoms with van der Waals surface area (Å²) in [4.78, 5) is 11.8. The van der Waals surface area contributed by atoms with Crippen LogP contribution in [0.3, 0.4) is 0 Å². The second-order valence-electron chi connectivity index (χ2n) is 7.27. The molecule has 0 fully saturated rings. The van der Waals surface area contributed by atoms with E-state index in [0.717, 1.165) is 0 Å². The molecular formula is C18H23FN2O2. The van der Waals surface area contributed by atoms with Gasteiger partial charge in [0, 0.05) is 0 Å². The largest absolute Gasteiger partial charge is 0.478 e. The SMILES string of the molecule is CC(C)c1c(C(=O)O)c(CC(C)(C)C)nn1-c1ccccc1F. The lowest BCUT2D eigenvalue weighted by Crippen LogP contribution is -2.13. The van der Waals surface area contributed by atoms with Crippen LogP contribution in [0.15, 0.2) is 24.3 Å². The Bertz CT molecular complexity index is 727. The molecule has 1 aromatic carbocycles. The minimum Gasteiger partial charge on any atom is -0.478 e. The fraction of sp³-hybridized carbons (Fsp3) is 0.444. The van der Waals surface area contributed by atoms with Crippen molar-refractivity contribution in [1.29, 1.82) is 0 Å². The fourth-order valence-corrected chi connectivity index (χ4v) is 2.68. The first-order valence-corrected chi connectivity index (χ1v) is 7.72. The Kier molecular flexibility index (Phi) is 4.59. The van der Waals surface area contributed by atoms with Crippen molar-refractivity contribution in [1.82, 2.24) is 9.78 Å². The molecule has 0 unspecified atom stereocenters. The number of halogens is 1. The highest BCUT2D eigenvalue weighted by Crippen LogP contribution is 2.30. The zero-order valence-corrected chi connectivity index (χ0v) is 14.2. The van der Waals surface area contributed by atoms with E-state index >= 15 is 0 Å². The predicted octanol–water partition coefficient (Wildman–Crippen LogP) is 4.42. The Hall–Kier alpha value is -2.17. The minimum atomic E-state index is -1.02. The molecule has 23 heavy (non-hydrogen) atoms. The van der Waals surface area contributed by atoms with Crippen LogP contribution >= 0.6 is 0 Å². The lowest BCUT2D eigenvalue weighted by atomic mass is 9.88. The van der Waals surface area contributed by atoms with Crippen LogP contribution in [0.25, 0.3) is 5.69 Å². The summed E-state index contributed by atoms with van der Waals surface area (Å²) < 4.78 is 15.6. The third-order valence-corrected chi connectivity index (χ3v) is 3.53. The number of aromatic carboxylic acids is 1. The molecule has 0 bridgehead atoms. The Morgan fingerprint density at radius 3 is 2.39 bits per heavy atom. The normalized spacial score (nSPS) is 12.0. The van der Waals surface area contributed by atoms with E-state index in [4.69, 9.17) is 0 Å². The van der Waals surface area contributed by atoms with Crippen LogP contribution in [0.4, 0.5) is 4.39 Å². The fourth-order valence-electron chi connectivity index (χ4n) is 2.68. The van der Waals surface area contributed by atoms with E-state index < -0.39 is 11.8 Å². The van der Waals surface area contributed by atoms with Crippen LogP contribution in [0, 0.1) is 11.2 Å². The molecule has 1 aromatic heterocycles. The molecule has 2 aromatic rings. The molecule has 0 atom stereocenters. The molecule has 0 aliphatic heterocycles. The van der Waals surface area contributed by atoms with Gasteiger partial charge in [-0.05, 0) is 29.9 Å².